The number of oxazole rings is 1. The predicted molar refractivity (Wildman–Crippen MR) is 87.3 cm³/mol. The predicted octanol–water partition coefficient (Wildman–Crippen LogP) is 1.67. The largest absolute Gasteiger partial charge is 0.420 e. The van der Waals surface area contributed by atoms with Crippen LogP contribution in [0.2, 0.25) is 0 Å². The SMILES string of the molecule is O=C(Cn1c(=O)oc2ccccc21)N1Cc2ccccc2C(O)C1. The molecule has 1 N–H and O–H groups in total. The Balaban J connectivity index is 1.61. The Morgan fingerprint density at radius 1 is 1.17 bits per heavy atom. The van der Waals surface area contributed by atoms with E-state index in [9.17, 15) is 14.7 Å². The average molecular weight is 324 g/mol. The fourth-order valence-electron chi connectivity index (χ4n) is 3.17. The number of rotatable bonds is 2. The van der Waals surface area contributed by atoms with Crippen molar-refractivity contribution < 1.29 is 14.3 Å². The smallest absolute Gasteiger partial charge is 0.408 e. The molecule has 6 nitrogen and oxygen atoms in total. The summed E-state index contributed by atoms with van der Waals surface area (Å²) in [6, 6.07) is 14.5. The zero-order chi connectivity index (χ0) is 16.7. The molecule has 0 fully saturated rings. The Hall–Kier alpha value is -2.86. The van der Waals surface area contributed by atoms with E-state index < -0.39 is 11.9 Å². The second-order valence-corrected chi connectivity index (χ2v) is 5.91. The number of benzene rings is 2. The maximum absolute atomic E-state index is 12.6. The molecule has 0 saturated carbocycles. The second-order valence-electron chi connectivity index (χ2n) is 5.91. The van der Waals surface area contributed by atoms with Gasteiger partial charge in [0.1, 0.15) is 6.54 Å². The van der Waals surface area contributed by atoms with Crippen molar-refractivity contribution in [2.45, 2.75) is 19.2 Å². The minimum atomic E-state index is -0.711. The van der Waals surface area contributed by atoms with Gasteiger partial charge in [0.05, 0.1) is 18.2 Å². The van der Waals surface area contributed by atoms with Gasteiger partial charge in [-0.05, 0) is 23.3 Å². The summed E-state index contributed by atoms with van der Waals surface area (Å²) < 4.78 is 6.48. The minimum absolute atomic E-state index is 0.106. The summed E-state index contributed by atoms with van der Waals surface area (Å²) in [5.41, 5.74) is 2.83. The Labute approximate surface area is 137 Å². The minimum Gasteiger partial charge on any atom is -0.408 e. The van der Waals surface area contributed by atoms with E-state index in [0.717, 1.165) is 11.1 Å². The molecule has 1 aliphatic rings. The van der Waals surface area contributed by atoms with Gasteiger partial charge >= 0.3 is 5.76 Å². The molecule has 3 aromatic rings. The van der Waals surface area contributed by atoms with Crippen LogP contribution >= 0.6 is 0 Å². The number of nitrogens with zero attached hydrogens (tertiary/aromatic N) is 2. The summed E-state index contributed by atoms with van der Waals surface area (Å²) in [5, 5.41) is 10.3. The van der Waals surface area contributed by atoms with E-state index in [4.69, 9.17) is 4.42 Å². The Kier molecular flexibility index (Phi) is 3.46. The molecule has 24 heavy (non-hydrogen) atoms. The highest BCUT2D eigenvalue weighted by molar-refractivity contribution is 5.80. The molecule has 122 valence electrons. The van der Waals surface area contributed by atoms with Crippen LogP contribution < -0.4 is 5.76 Å². The Morgan fingerprint density at radius 2 is 1.92 bits per heavy atom. The van der Waals surface area contributed by atoms with E-state index in [1.54, 1.807) is 29.2 Å². The van der Waals surface area contributed by atoms with Gasteiger partial charge in [-0.3, -0.25) is 9.36 Å². The molecular formula is C18H16N2O4. The highest BCUT2D eigenvalue weighted by Gasteiger charge is 2.27. The summed E-state index contributed by atoms with van der Waals surface area (Å²) in [7, 11) is 0. The number of fused-ring (bicyclic) bond motifs is 2. The number of hydrogen-bond donors (Lipinski definition) is 1. The molecule has 4 rings (SSSR count). The maximum atomic E-state index is 12.6. The van der Waals surface area contributed by atoms with Gasteiger partial charge in [-0.2, -0.15) is 0 Å². The van der Waals surface area contributed by atoms with Gasteiger partial charge in [0, 0.05) is 6.54 Å². The number of amides is 1. The van der Waals surface area contributed by atoms with Crippen molar-refractivity contribution in [3.8, 4) is 0 Å². The van der Waals surface area contributed by atoms with Gasteiger partial charge in [-0.25, -0.2) is 4.79 Å². The molecule has 6 heteroatoms. The topological polar surface area (TPSA) is 75.7 Å². The fraction of sp³-hybridized carbons (Fsp3) is 0.222. The molecule has 1 unspecified atom stereocenters. The van der Waals surface area contributed by atoms with Crippen molar-refractivity contribution in [3.05, 3.63) is 70.2 Å². The lowest BCUT2D eigenvalue weighted by Gasteiger charge is -2.32. The Bertz CT molecular complexity index is 972. The van der Waals surface area contributed by atoms with Crippen LogP contribution in [0.3, 0.4) is 0 Å². The molecule has 0 spiro atoms. The van der Waals surface area contributed by atoms with Gasteiger partial charge < -0.3 is 14.4 Å². The normalized spacial score (nSPS) is 17.0. The quantitative estimate of drug-likeness (QED) is 0.778. The third-order valence-corrected chi connectivity index (χ3v) is 4.39. The molecule has 1 amide bonds. The van der Waals surface area contributed by atoms with Gasteiger partial charge in [-0.1, -0.05) is 36.4 Å². The van der Waals surface area contributed by atoms with Crippen molar-refractivity contribution in [1.29, 1.82) is 0 Å². The van der Waals surface area contributed by atoms with Gasteiger partial charge in [0.2, 0.25) is 5.91 Å². The van der Waals surface area contributed by atoms with E-state index in [2.05, 4.69) is 0 Å². The van der Waals surface area contributed by atoms with Crippen molar-refractivity contribution in [2.24, 2.45) is 0 Å². The van der Waals surface area contributed by atoms with Crippen molar-refractivity contribution >= 4 is 17.0 Å². The Morgan fingerprint density at radius 3 is 2.79 bits per heavy atom. The molecule has 1 aromatic heterocycles. The van der Waals surface area contributed by atoms with E-state index in [-0.39, 0.29) is 19.0 Å². The molecule has 0 saturated heterocycles. The molecule has 1 aliphatic heterocycles. The van der Waals surface area contributed by atoms with Crippen molar-refractivity contribution in [2.75, 3.05) is 6.54 Å². The molecule has 0 radical (unpaired) electrons. The van der Waals surface area contributed by atoms with Crippen LogP contribution in [0.25, 0.3) is 11.1 Å². The first-order valence-electron chi connectivity index (χ1n) is 7.75. The highest BCUT2D eigenvalue weighted by atomic mass is 16.4. The second kappa shape index (κ2) is 5.65. The molecular weight excluding hydrogens is 308 g/mol. The lowest BCUT2D eigenvalue weighted by Crippen LogP contribution is -2.40. The van der Waals surface area contributed by atoms with Crippen LogP contribution in [0, 0.1) is 0 Å². The number of aliphatic hydroxyl groups is 1. The summed E-state index contributed by atoms with van der Waals surface area (Å²) in [6.45, 7) is 0.543. The van der Waals surface area contributed by atoms with E-state index in [1.807, 2.05) is 24.3 Å². The molecule has 1 atom stereocenters. The summed E-state index contributed by atoms with van der Waals surface area (Å²) in [4.78, 5) is 26.2. The van der Waals surface area contributed by atoms with E-state index in [0.29, 0.717) is 17.6 Å². The number of carbonyl (C=O) groups is 1. The number of para-hydroxylation sites is 2. The lowest BCUT2D eigenvalue weighted by atomic mass is 9.97. The molecule has 0 bridgehead atoms. The molecule has 2 aromatic carbocycles. The zero-order valence-corrected chi connectivity index (χ0v) is 12.9. The monoisotopic (exact) mass is 324 g/mol. The van der Waals surface area contributed by atoms with Crippen LogP contribution in [-0.2, 0) is 17.9 Å². The summed E-state index contributed by atoms with van der Waals surface area (Å²) >= 11 is 0. The number of aromatic nitrogens is 1. The highest BCUT2D eigenvalue weighted by Crippen LogP contribution is 2.26. The van der Waals surface area contributed by atoms with Gasteiger partial charge in [-0.15, -0.1) is 0 Å². The van der Waals surface area contributed by atoms with Gasteiger partial charge in [0.15, 0.2) is 5.58 Å². The van der Waals surface area contributed by atoms with Crippen LogP contribution in [0.4, 0.5) is 0 Å². The molecule has 2 heterocycles. The van der Waals surface area contributed by atoms with E-state index >= 15 is 0 Å². The first-order valence-corrected chi connectivity index (χ1v) is 7.75. The number of carbonyl (C=O) groups excluding carboxylic acids is 1. The first-order chi connectivity index (χ1) is 11.6. The number of hydrogen-bond acceptors (Lipinski definition) is 4. The van der Waals surface area contributed by atoms with Crippen LogP contribution in [0.1, 0.15) is 17.2 Å². The van der Waals surface area contributed by atoms with Crippen LogP contribution in [0.15, 0.2) is 57.7 Å². The van der Waals surface area contributed by atoms with Crippen molar-refractivity contribution in [3.63, 3.8) is 0 Å². The summed E-state index contributed by atoms with van der Waals surface area (Å²) in [6.07, 6.45) is -0.711. The van der Waals surface area contributed by atoms with Crippen LogP contribution in [0.5, 0.6) is 0 Å². The third-order valence-electron chi connectivity index (χ3n) is 4.39. The third kappa shape index (κ3) is 2.41. The molecule has 0 aliphatic carbocycles. The lowest BCUT2D eigenvalue weighted by molar-refractivity contribution is -0.134. The average Bonchev–Trinajstić information content (AvgIpc) is 2.90. The van der Waals surface area contributed by atoms with Gasteiger partial charge in [0.25, 0.3) is 0 Å². The fourth-order valence-corrected chi connectivity index (χ4v) is 3.17. The number of β-amino-alcohol motifs (C(OH)–C–C–N with tert-alkyl or cyclic N) is 1. The number of aliphatic hydroxyl groups excluding tert-OH is 1. The zero-order valence-electron chi connectivity index (χ0n) is 12.9. The van der Waals surface area contributed by atoms with E-state index in [1.165, 1.54) is 4.57 Å². The maximum Gasteiger partial charge on any atom is 0.420 e. The van der Waals surface area contributed by atoms with Crippen molar-refractivity contribution in [1.82, 2.24) is 9.47 Å². The van der Waals surface area contributed by atoms with Crippen LogP contribution in [-0.4, -0.2) is 27.0 Å². The standard InChI is InChI=1S/C18H16N2O4/c21-15-10-19(9-12-5-1-2-6-13(12)15)17(22)11-20-14-7-3-4-8-16(14)24-18(20)23/h1-8,15,21H,9-11H2. The summed E-state index contributed by atoms with van der Waals surface area (Å²) in [5.74, 6) is -0.778. The first kappa shape index (κ1) is 14.7.